The third-order valence-corrected chi connectivity index (χ3v) is 4.52. The number of halogens is 1. The lowest BCUT2D eigenvalue weighted by atomic mass is 9.84. The second-order valence-corrected chi connectivity index (χ2v) is 6.45. The molecule has 0 unspecified atom stereocenters. The highest BCUT2D eigenvalue weighted by Crippen LogP contribution is 2.41. The average Bonchev–Trinajstić information content (AvgIpc) is 2.69. The second-order valence-electron chi connectivity index (χ2n) is 6.45. The minimum absolute atomic E-state index is 0.0333. The largest absolute Gasteiger partial charge is 0.454 e. The highest BCUT2D eigenvalue weighted by Gasteiger charge is 2.34. The molecule has 0 spiro atoms. The summed E-state index contributed by atoms with van der Waals surface area (Å²) >= 11 is 0. The maximum Gasteiger partial charge on any atom is 0.343 e. The third kappa shape index (κ3) is 3.32. The van der Waals surface area contributed by atoms with Crippen molar-refractivity contribution in [1.29, 1.82) is 5.26 Å². The Hall–Kier alpha value is -4.05. The summed E-state index contributed by atoms with van der Waals surface area (Å²) in [4.78, 5) is 12.6. The molecule has 1 aliphatic rings. The number of ether oxygens (including phenoxy) is 2. The van der Waals surface area contributed by atoms with Gasteiger partial charge in [-0.15, -0.1) is 0 Å². The van der Waals surface area contributed by atoms with Gasteiger partial charge in [-0.05, 0) is 36.8 Å². The summed E-state index contributed by atoms with van der Waals surface area (Å²) in [6.45, 7) is 1.60. The maximum absolute atomic E-state index is 14.4. The van der Waals surface area contributed by atoms with E-state index in [1.54, 1.807) is 31.2 Å². The van der Waals surface area contributed by atoms with Crippen LogP contribution in [0.15, 0.2) is 75.3 Å². The summed E-state index contributed by atoms with van der Waals surface area (Å²) < 4.78 is 30.7. The number of nitrogens with two attached hydrogens (primary N) is 1. The van der Waals surface area contributed by atoms with Crippen molar-refractivity contribution in [2.75, 3.05) is 0 Å². The van der Waals surface area contributed by atoms with Gasteiger partial charge in [-0.1, -0.05) is 24.3 Å². The number of fused-ring (bicyclic) bond motifs is 1. The van der Waals surface area contributed by atoms with Crippen LogP contribution in [0.3, 0.4) is 0 Å². The molecule has 2 N–H and O–H groups in total. The van der Waals surface area contributed by atoms with Crippen molar-refractivity contribution in [1.82, 2.24) is 0 Å². The lowest BCUT2D eigenvalue weighted by molar-refractivity contribution is 0.371. The molecule has 7 heteroatoms. The van der Waals surface area contributed by atoms with Gasteiger partial charge in [0.05, 0.1) is 11.5 Å². The predicted octanol–water partition coefficient (Wildman–Crippen LogP) is 4.10. The summed E-state index contributed by atoms with van der Waals surface area (Å²) in [6, 6.07) is 16.3. The number of nitrogens with zero attached hydrogens (tertiary/aromatic N) is 1. The van der Waals surface area contributed by atoms with E-state index in [0.29, 0.717) is 17.1 Å². The molecule has 29 heavy (non-hydrogen) atoms. The number of para-hydroxylation sites is 1. The number of hydrogen-bond donors (Lipinski definition) is 1. The molecule has 1 atom stereocenters. The van der Waals surface area contributed by atoms with Crippen LogP contribution in [0.1, 0.15) is 22.8 Å². The van der Waals surface area contributed by atoms with E-state index in [-0.39, 0.29) is 28.5 Å². The normalized spacial score (nSPS) is 15.3. The highest BCUT2D eigenvalue weighted by atomic mass is 19.1. The third-order valence-electron chi connectivity index (χ3n) is 4.52. The fraction of sp³-hybridized carbons (Fsp3) is 0.0909. The first-order valence-electron chi connectivity index (χ1n) is 8.72. The van der Waals surface area contributed by atoms with Gasteiger partial charge in [0.15, 0.2) is 11.6 Å². The minimum Gasteiger partial charge on any atom is -0.454 e. The quantitative estimate of drug-likeness (QED) is 0.723. The van der Waals surface area contributed by atoms with Gasteiger partial charge in [-0.3, -0.25) is 0 Å². The molecule has 0 bridgehead atoms. The fourth-order valence-electron chi connectivity index (χ4n) is 3.24. The molecular formula is C22H15FN2O4. The van der Waals surface area contributed by atoms with Gasteiger partial charge in [0.2, 0.25) is 5.88 Å². The van der Waals surface area contributed by atoms with Gasteiger partial charge in [0.1, 0.15) is 28.9 Å². The van der Waals surface area contributed by atoms with Crippen molar-refractivity contribution in [3.8, 4) is 23.3 Å². The molecule has 0 aliphatic carbocycles. The number of allylic oxidation sites excluding steroid dienone is 1. The van der Waals surface area contributed by atoms with Crippen LogP contribution < -0.4 is 20.8 Å². The molecule has 1 aliphatic heterocycles. The number of hydrogen-bond acceptors (Lipinski definition) is 6. The molecule has 0 radical (unpaired) electrons. The highest BCUT2D eigenvalue weighted by molar-refractivity contribution is 5.55. The van der Waals surface area contributed by atoms with Gasteiger partial charge in [0.25, 0.3) is 0 Å². The van der Waals surface area contributed by atoms with Crippen LogP contribution >= 0.6 is 0 Å². The molecule has 4 rings (SSSR count). The molecule has 2 aromatic carbocycles. The smallest absolute Gasteiger partial charge is 0.343 e. The van der Waals surface area contributed by atoms with E-state index < -0.39 is 17.4 Å². The molecule has 0 saturated heterocycles. The lowest BCUT2D eigenvalue weighted by Crippen LogP contribution is -2.26. The predicted molar refractivity (Wildman–Crippen MR) is 102 cm³/mol. The van der Waals surface area contributed by atoms with Gasteiger partial charge >= 0.3 is 5.63 Å². The molecule has 3 aromatic rings. The Bertz CT molecular complexity index is 1230. The first-order chi connectivity index (χ1) is 14.0. The average molecular weight is 390 g/mol. The van der Waals surface area contributed by atoms with Crippen molar-refractivity contribution in [2.24, 2.45) is 5.73 Å². The molecule has 6 nitrogen and oxygen atoms in total. The summed E-state index contributed by atoms with van der Waals surface area (Å²) in [5.74, 6) is -0.640. The molecule has 2 heterocycles. The van der Waals surface area contributed by atoms with Gasteiger partial charge in [-0.25, -0.2) is 9.18 Å². The number of rotatable bonds is 3. The molecule has 0 fully saturated rings. The summed E-state index contributed by atoms with van der Waals surface area (Å²) in [7, 11) is 0. The fourth-order valence-corrected chi connectivity index (χ4v) is 3.24. The zero-order chi connectivity index (χ0) is 20.5. The zero-order valence-corrected chi connectivity index (χ0v) is 15.3. The number of benzene rings is 2. The first kappa shape index (κ1) is 18.3. The van der Waals surface area contributed by atoms with Crippen LogP contribution in [-0.2, 0) is 0 Å². The van der Waals surface area contributed by atoms with Crippen molar-refractivity contribution in [3.05, 3.63) is 99.2 Å². The minimum atomic E-state index is -0.876. The Labute approximate surface area is 165 Å². The van der Waals surface area contributed by atoms with E-state index in [2.05, 4.69) is 0 Å². The molecule has 144 valence electrons. The second kappa shape index (κ2) is 7.17. The Kier molecular flexibility index (Phi) is 4.53. The van der Waals surface area contributed by atoms with Gasteiger partial charge in [-0.2, -0.15) is 5.26 Å². The number of nitriles is 1. The van der Waals surface area contributed by atoms with Gasteiger partial charge in [0, 0.05) is 6.07 Å². The Morgan fingerprint density at radius 2 is 1.93 bits per heavy atom. The van der Waals surface area contributed by atoms with Crippen molar-refractivity contribution in [2.45, 2.75) is 12.8 Å². The van der Waals surface area contributed by atoms with Crippen LogP contribution in [0.2, 0.25) is 0 Å². The molecule has 0 amide bonds. The molecule has 0 saturated carbocycles. The van der Waals surface area contributed by atoms with Crippen LogP contribution in [0.25, 0.3) is 0 Å². The van der Waals surface area contributed by atoms with Crippen molar-refractivity contribution >= 4 is 0 Å². The van der Waals surface area contributed by atoms with E-state index in [1.165, 1.54) is 24.3 Å². The van der Waals surface area contributed by atoms with E-state index in [4.69, 9.17) is 19.6 Å². The topological polar surface area (TPSA) is 98.5 Å². The van der Waals surface area contributed by atoms with Crippen molar-refractivity contribution in [3.63, 3.8) is 0 Å². The van der Waals surface area contributed by atoms with Crippen LogP contribution in [-0.4, -0.2) is 0 Å². The SMILES string of the molecule is Cc1cc2c(c(=O)o1)[C@@H](c1ccc(F)c(Oc3ccccc3)c1)C(C#N)=C(N)O2. The monoisotopic (exact) mass is 390 g/mol. The van der Waals surface area contributed by atoms with Crippen LogP contribution in [0, 0.1) is 24.1 Å². The van der Waals surface area contributed by atoms with Crippen molar-refractivity contribution < 1.29 is 18.3 Å². The summed E-state index contributed by atoms with van der Waals surface area (Å²) in [5, 5.41) is 9.62. The van der Waals surface area contributed by atoms with E-state index in [0.717, 1.165) is 0 Å². The zero-order valence-electron chi connectivity index (χ0n) is 15.3. The van der Waals surface area contributed by atoms with E-state index in [9.17, 15) is 14.4 Å². The number of aryl methyl sites for hydroxylation is 1. The van der Waals surface area contributed by atoms with Crippen LogP contribution in [0.4, 0.5) is 4.39 Å². The van der Waals surface area contributed by atoms with E-state index >= 15 is 0 Å². The van der Waals surface area contributed by atoms with E-state index in [1.807, 2.05) is 12.1 Å². The standard InChI is InChI=1S/C22H15FN2O4/c1-12-9-18-20(22(26)27-12)19(15(11-24)21(25)29-18)13-7-8-16(23)17(10-13)28-14-5-3-2-4-6-14/h2-10,19H,25H2,1H3/t19-/m0/s1. The van der Waals surface area contributed by atoms with Crippen LogP contribution in [0.5, 0.6) is 17.2 Å². The van der Waals surface area contributed by atoms with Gasteiger partial charge < -0.3 is 19.6 Å². The molecular weight excluding hydrogens is 375 g/mol. The Morgan fingerprint density at radius 3 is 2.66 bits per heavy atom. The lowest BCUT2D eigenvalue weighted by Gasteiger charge is -2.25. The molecule has 1 aromatic heterocycles. The summed E-state index contributed by atoms with van der Waals surface area (Å²) in [5.41, 5.74) is 5.87. The first-order valence-corrected chi connectivity index (χ1v) is 8.72. The Balaban J connectivity index is 1.87. The maximum atomic E-state index is 14.4. The summed E-state index contributed by atoms with van der Waals surface area (Å²) in [6.07, 6.45) is 0. The Morgan fingerprint density at radius 1 is 1.17 bits per heavy atom.